The van der Waals surface area contributed by atoms with Crippen LogP contribution in [-0.4, -0.2) is 41.7 Å². The van der Waals surface area contributed by atoms with Crippen molar-refractivity contribution in [1.29, 1.82) is 0 Å². The van der Waals surface area contributed by atoms with Crippen LogP contribution in [0.2, 0.25) is 5.02 Å². The molecule has 3 heterocycles. The molecule has 1 amide bonds. The molecule has 7 nitrogen and oxygen atoms in total. The lowest BCUT2D eigenvalue weighted by Crippen LogP contribution is -2.46. The van der Waals surface area contributed by atoms with E-state index in [0.29, 0.717) is 34.2 Å². The SMILES string of the molecule is O=C(C1CCCN(S(=O)(=O)c2ccc(Cl)cc2)C1)N(Cc1cccnc1)c1nc2c(F)cccc2s1. The number of carbonyl (C=O) groups excluding carboxylic acids is 1. The number of hydrogen-bond donors (Lipinski definition) is 0. The maximum Gasteiger partial charge on any atom is 0.243 e. The smallest absolute Gasteiger partial charge is 0.243 e. The molecule has 0 saturated carbocycles. The molecule has 1 aliphatic heterocycles. The molecule has 1 saturated heterocycles. The summed E-state index contributed by atoms with van der Waals surface area (Å²) in [5.74, 6) is -1.29. The number of thiazole rings is 1. The third-order valence-corrected chi connectivity index (χ3v) is 9.28. The molecule has 11 heteroatoms. The van der Waals surface area contributed by atoms with Crippen LogP contribution in [0.4, 0.5) is 9.52 Å². The summed E-state index contributed by atoms with van der Waals surface area (Å²) in [4.78, 5) is 24.1. The maximum atomic E-state index is 14.4. The van der Waals surface area contributed by atoms with Crippen LogP contribution in [0, 0.1) is 11.7 Å². The first kappa shape index (κ1) is 24.8. The molecule has 1 atom stereocenters. The first-order chi connectivity index (χ1) is 17.3. The molecule has 0 aliphatic carbocycles. The van der Waals surface area contributed by atoms with Crippen molar-refractivity contribution in [3.63, 3.8) is 0 Å². The molecular weight excluding hydrogens is 523 g/mol. The zero-order valence-corrected chi connectivity index (χ0v) is 21.4. The van der Waals surface area contributed by atoms with Gasteiger partial charge in [-0.1, -0.05) is 35.1 Å². The van der Waals surface area contributed by atoms with E-state index in [1.165, 1.54) is 50.9 Å². The number of carbonyl (C=O) groups is 1. The normalized spacial score (nSPS) is 16.8. The van der Waals surface area contributed by atoms with Gasteiger partial charge in [-0.05, 0) is 60.9 Å². The molecule has 2 aromatic heterocycles. The molecule has 1 fully saturated rings. The van der Waals surface area contributed by atoms with E-state index in [0.717, 1.165) is 5.56 Å². The van der Waals surface area contributed by atoms with Gasteiger partial charge in [-0.2, -0.15) is 4.31 Å². The summed E-state index contributed by atoms with van der Waals surface area (Å²) in [6, 6.07) is 14.3. The van der Waals surface area contributed by atoms with Gasteiger partial charge in [0.05, 0.1) is 22.1 Å². The number of para-hydroxylation sites is 1. The van der Waals surface area contributed by atoms with Crippen LogP contribution >= 0.6 is 22.9 Å². The fourth-order valence-corrected chi connectivity index (χ4v) is 6.91. The van der Waals surface area contributed by atoms with Crippen molar-refractivity contribution in [3.05, 3.63) is 83.4 Å². The van der Waals surface area contributed by atoms with Gasteiger partial charge in [-0.25, -0.2) is 17.8 Å². The first-order valence-corrected chi connectivity index (χ1v) is 14.0. The van der Waals surface area contributed by atoms with Gasteiger partial charge in [0.2, 0.25) is 15.9 Å². The Morgan fingerprint density at radius 3 is 2.69 bits per heavy atom. The fourth-order valence-electron chi connectivity index (χ4n) is 4.27. The lowest BCUT2D eigenvalue weighted by atomic mass is 9.98. The standard InChI is InChI=1S/C25H22ClFN4O3S2/c26-19-8-10-20(11-9-19)36(33,34)30-13-3-5-18(16-30)24(32)31(15-17-4-2-12-28-14-17)25-29-23-21(27)6-1-7-22(23)35-25/h1-2,4,6-12,14,18H,3,5,13,15-16H2. The molecule has 186 valence electrons. The Labute approximate surface area is 217 Å². The number of fused-ring (bicyclic) bond motifs is 1. The Bertz CT molecular complexity index is 1500. The van der Waals surface area contributed by atoms with E-state index in [-0.39, 0.29) is 29.4 Å². The maximum absolute atomic E-state index is 14.4. The largest absolute Gasteiger partial charge is 0.283 e. The lowest BCUT2D eigenvalue weighted by Gasteiger charge is -2.33. The number of anilines is 1. The highest BCUT2D eigenvalue weighted by atomic mass is 35.5. The van der Waals surface area contributed by atoms with Crippen molar-refractivity contribution in [2.24, 2.45) is 5.92 Å². The number of aromatic nitrogens is 2. The van der Waals surface area contributed by atoms with Crippen molar-refractivity contribution in [1.82, 2.24) is 14.3 Å². The second-order valence-corrected chi connectivity index (χ2v) is 11.9. The number of rotatable bonds is 6. The van der Waals surface area contributed by atoms with Crippen LogP contribution in [0.25, 0.3) is 10.2 Å². The summed E-state index contributed by atoms with van der Waals surface area (Å²) in [6.45, 7) is 0.560. The van der Waals surface area contributed by atoms with Gasteiger partial charge in [0.15, 0.2) is 5.13 Å². The van der Waals surface area contributed by atoms with E-state index in [4.69, 9.17) is 11.6 Å². The van der Waals surface area contributed by atoms with Crippen LogP contribution in [0.1, 0.15) is 18.4 Å². The summed E-state index contributed by atoms with van der Waals surface area (Å²) in [5, 5.41) is 0.806. The third kappa shape index (κ3) is 4.99. The summed E-state index contributed by atoms with van der Waals surface area (Å²) < 4.78 is 42.8. The number of nitrogens with zero attached hydrogens (tertiary/aromatic N) is 4. The Kier molecular flexibility index (Phi) is 7.03. The highest BCUT2D eigenvalue weighted by molar-refractivity contribution is 7.89. The van der Waals surface area contributed by atoms with Crippen LogP contribution < -0.4 is 4.90 Å². The van der Waals surface area contributed by atoms with Crippen molar-refractivity contribution in [3.8, 4) is 0 Å². The van der Waals surface area contributed by atoms with Crippen molar-refractivity contribution in [2.75, 3.05) is 18.0 Å². The number of hydrogen-bond acceptors (Lipinski definition) is 6. The summed E-state index contributed by atoms with van der Waals surface area (Å²) in [5.41, 5.74) is 0.990. The average molecular weight is 545 g/mol. The summed E-state index contributed by atoms with van der Waals surface area (Å²) in [7, 11) is -3.79. The summed E-state index contributed by atoms with van der Waals surface area (Å²) in [6.07, 6.45) is 4.38. The van der Waals surface area contributed by atoms with E-state index in [1.54, 1.807) is 30.6 Å². The molecule has 0 bridgehead atoms. The quantitative estimate of drug-likeness (QED) is 0.336. The van der Waals surface area contributed by atoms with E-state index in [9.17, 15) is 17.6 Å². The highest BCUT2D eigenvalue weighted by Gasteiger charge is 2.36. The monoisotopic (exact) mass is 544 g/mol. The van der Waals surface area contributed by atoms with Crippen LogP contribution in [0.3, 0.4) is 0 Å². The van der Waals surface area contributed by atoms with Gasteiger partial charge in [-0.3, -0.25) is 14.7 Å². The Balaban J connectivity index is 1.45. The lowest BCUT2D eigenvalue weighted by molar-refractivity contribution is -0.123. The first-order valence-electron chi connectivity index (χ1n) is 11.3. The number of sulfonamides is 1. The molecule has 5 rings (SSSR count). The molecule has 0 N–H and O–H groups in total. The topological polar surface area (TPSA) is 83.5 Å². The minimum absolute atomic E-state index is 0.0482. The van der Waals surface area contributed by atoms with Gasteiger partial charge < -0.3 is 0 Å². The van der Waals surface area contributed by atoms with Gasteiger partial charge in [0, 0.05) is 30.5 Å². The minimum Gasteiger partial charge on any atom is -0.283 e. The Morgan fingerprint density at radius 1 is 1.17 bits per heavy atom. The molecule has 4 aromatic rings. The predicted molar refractivity (Wildman–Crippen MR) is 138 cm³/mol. The second kappa shape index (κ2) is 10.2. The van der Waals surface area contributed by atoms with E-state index in [2.05, 4.69) is 9.97 Å². The third-order valence-electron chi connectivity index (χ3n) is 6.10. The number of amides is 1. The van der Waals surface area contributed by atoms with Gasteiger partial charge in [-0.15, -0.1) is 0 Å². The fraction of sp³-hybridized carbons (Fsp3) is 0.240. The molecule has 0 spiro atoms. The van der Waals surface area contributed by atoms with E-state index < -0.39 is 21.8 Å². The van der Waals surface area contributed by atoms with Crippen LogP contribution in [-0.2, 0) is 21.4 Å². The van der Waals surface area contributed by atoms with Crippen LogP contribution in [0.5, 0.6) is 0 Å². The zero-order chi connectivity index (χ0) is 25.3. The predicted octanol–water partition coefficient (Wildman–Crippen LogP) is 5.12. The highest BCUT2D eigenvalue weighted by Crippen LogP contribution is 2.33. The number of pyridine rings is 1. The van der Waals surface area contributed by atoms with E-state index in [1.807, 2.05) is 6.07 Å². The van der Waals surface area contributed by atoms with Crippen molar-refractivity contribution in [2.45, 2.75) is 24.3 Å². The molecule has 1 unspecified atom stereocenters. The second-order valence-electron chi connectivity index (χ2n) is 8.52. The number of halogens is 2. The number of benzene rings is 2. The van der Waals surface area contributed by atoms with Gasteiger partial charge in [0.25, 0.3) is 0 Å². The van der Waals surface area contributed by atoms with Crippen molar-refractivity contribution >= 4 is 54.2 Å². The van der Waals surface area contributed by atoms with Crippen molar-refractivity contribution < 1.29 is 17.6 Å². The Morgan fingerprint density at radius 2 is 1.97 bits per heavy atom. The minimum atomic E-state index is -3.79. The molecular formula is C25H22ClFN4O3S2. The summed E-state index contributed by atoms with van der Waals surface area (Å²) >= 11 is 7.14. The van der Waals surface area contributed by atoms with Gasteiger partial charge in [0.1, 0.15) is 11.3 Å². The van der Waals surface area contributed by atoms with Crippen LogP contribution in [0.15, 0.2) is 71.9 Å². The zero-order valence-electron chi connectivity index (χ0n) is 19.0. The number of piperidine rings is 1. The molecule has 0 radical (unpaired) electrons. The average Bonchev–Trinajstić information content (AvgIpc) is 3.33. The van der Waals surface area contributed by atoms with E-state index >= 15 is 0 Å². The Hall–Kier alpha value is -2.92. The van der Waals surface area contributed by atoms with Gasteiger partial charge >= 0.3 is 0 Å². The molecule has 2 aromatic carbocycles. The molecule has 1 aliphatic rings. The molecule has 36 heavy (non-hydrogen) atoms.